The van der Waals surface area contributed by atoms with E-state index in [0.717, 1.165) is 5.56 Å². The Kier molecular flexibility index (Phi) is 8.93. The molecule has 0 atom stereocenters. The van der Waals surface area contributed by atoms with Crippen molar-refractivity contribution in [2.75, 3.05) is 6.61 Å². The van der Waals surface area contributed by atoms with E-state index in [-0.39, 0.29) is 18.2 Å². The van der Waals surface area contributed by atoms with Gasteiger partial charge in [0.05, 0.1) is 6.16 Å². The molecule has 0 unspecified atom stereocenters. The molecular weight excluding hydrogens is 495 g/mol. The zero-order chi connectivity index (χ0) is 24.0. The predicted octanol–water partition coefficient (Wildman–Crippen LogP) is 3.46. The molecule has 0 aliphatic carbocycles. The summed E-state index contributed by atoms with van der Waals surface area (Å²) in [6.45, 7) is -1.36. The summed E-state index contributed by atoms with van der Waals surface area (Å²) in [4.78, 5) is 0. The van der Waals surface area contributed by atoms with Gasteiger partial charge in [-0.3, -0.25) is 0 Å². The van der Waals surface area contributed by atoms with Crippen molar-refractivity contribution in [1.29, 1.82) is 0 Å². The summed E-state index contributed by atoms with van der Waals surface area (Å²) < 4.78 is 56.2. The molecular formula is C28H24ClF4OP. The van der Waals surface area contributed by atoms with E-state index in [0.29, 0.717) is 6.16 Å². The summed E-state index contributed by atoms with van der Waals surface area (Å²) in [5.74, 6) is -4.06. The second-order valence-corrected chi connectivity index (χ2v) is 11.5. The molecule has 4 rings (SSSR count). The molecule has 0 spiro atoms. The van der Waals surface area contributed by atoms with Crippen molar-refractivity contribution in [2.24, 2.45) is 0 Å². The van der Waals surface area contributed by atoms with Gasteiger partial charge >= 0.3 is 12.3 Å². The maximum Gasteiger partial charge on any atom is 0.340 e. The van der Waals surface area contributed by atoms with E-state index in [2.05, 4.69) is 36.4 Å². The van der Waals surface area contributed by atoms with Crippen LogP contribution in [0.15, 0.2) is 115 Å². The molecule has 0 saturated heterocycles. The summed E-state index contributed by atoms with van der Waals surface area (Å²) in [6, 6.07) is 37.9. The van der Waals surface area contributed by atoms with Gasteiger partial charge < -0.3 is 17.1 Å². The molecule has 4 aromatic carbocycles. The van der Waals surface area contributed by atoms with Gasteiger partial charge in [-0.1, -0.05) is 66.7 Å². The van der Waals surface area contributed by atoms with Gasteiger partial charge in [0.2, 0.25) is 0 Å². The molecule has 0 amide bonds. The van der Waals surface area contributed by atoms with Crippen LogP contribution >= 0.6 is 7.26 Å². The first-order valence-corrected chi connectivity index (χ1v) is 12.8. The highest BCUT2D eigenvalue weighted by molar-refractivity contribution is 7.95. The number of ether oxygens (including phenoxy) is 1. The Labute approximate surface area is 209 Å². The molecule has 35 heavy (non-hydrogen) atoms. The molecule has 7 heteroatoms. The molecule has 0 saturated carbocycles. The van der Waals surface area contributed by atoms with Crippen molar-refractivity contribution >= 4 is 23.2 Å². The SMILES string of the molecule is FC(F)C(F)(F)COc1ccc(C[P+](c2ccccc2)(c2ccccc2)c2ccccc2)cc1.[Cl-]. The smallest absolute Gasteiger partial charge is 0.340 e. The van der Waals surface area contributed by atoms with E-state index in [1.165, 1.54) is 15.9 Å². The van der Waals surface area contributed by atoms with Gasteiger partial charge in [0.1, 0.15) is 28.9 Å². The van der Waals surface area contributed by atoms with Crippen LogP contribution < -0.4 is 33.1 Å². The number of hydrogen-bond donors (Lipinski definition) is 0. The number of rotatable bonds is 9. The van der Waals surface area contributed by atoms with Gasteiger partial charge in [-0.05, 0) is 54.1 Å². The summed E-state index contributed by atoms with van der Waals surface area (Å²) in [5, 5.41) is 3.68. The molecule has 0 aromatic heterocycles. The Bertz CT molecular complexity index is 1080. The van der Waals surface area contributed by atoms with Gasteiger partial charge in [0.25, 0.3) is 0 Å². The highest BCUT2D eigenvalue weighted by Gasteiger charge is 2.45. The highest BCUT2D eigenvalue weighted by atomic mass is 35.5. The van der Waals surface area contributed by atoms with E-state index >= 15 is 0 Å². The van der Waals surface area contributed by atoms with Crippen LogP contribution in [0.5, 0.6) is 5.75 Å². The van der Waals surface area contributed by atoms with Crippen LogP contribution in [-0.4, -0.2) is 19.0 Å². The van der Waals surface area contributed by atoms with Crippen LogP contribution in [0.4, 0.5) is 17.6 Å². The van der Waals surface area contributed by atoms with Crippen molar-refractivity contribution in [3.63, 3.8) is 0 Å². The minimum Gasteiger partial charge on any atom is -1.00 e. The fourth-order valence-electron chi connectivity index (χ4n) is 3.98. The van der Waals surface area contributed by atoms with Crippen LogP contribution in [0.2, 0.25) is 0 Å². The molecule has 0 heterocycles. The van der Waals surface area contributed by atoms with Crippen molar-refractivity contribution in [1.82, 2.24) is 0 Å². The van der Waals surface area contributed by atoms with E-state index in [1.54, 1.807) is 12.1 Å². The predicted molar refractivity (Wildman–Crippen MR) is 132 cm³/mol. The number of halogens is 5. The third-order valence-electron chi connectivity index (χ3n) is 5.68. The summed E-state index contributed by atoms with van der Waals surface area (Å²) in [7, 11) is -2.11. The standard InChI is InChI=1S/C28H24F4OP.ClH/c29-27(30)28(31,32)21-33-23-18-16-22(17-19-23)20-34(24-10-4-1-5-11-24,25-12-6-2-7-13-25)26-14-8-3-9-15-26;/h1-19,27H,20-21H2;1H/q+1;/p-1. The fraction of sp³-hybridized carbons (Fsp3) is 0.143. The number of hydrogen-bond acceptors (Lipinski definition) is 1. The van der Waals surface area contributed by atoms with Crippen LogP contribution in [0.25, 0.3) is 0 Å². The maximum atomic E-state index is 13.2. The molecule has 0 fully saturated rings. The molecule has 4 aromatic rings. The van der Waals surface area contributed by atoms with Crippen LogP contribution in [0.3, 0.4) is 0 Å². The van der Waals surface area contributed by atoms with E-state index in [1.807, 2.05) is 66.7 Å². The summed E-state index contributed by atoms with van der Waals surface area (Å²) in [5.41, 5.74) is 0.998. The van der Waals surface area contributed by atoms with Crippen molar-refractivity contribution < 1.29 is 34.7 Å². The van der Waals surface area contributed by atoms with Gasteiger partial charge in [0, 0.05) is 0 Å². The minimum absolute atomic E-state index is 0. The van der Waals surface area contributed by atoms with Crippen LogP contribution in [-0.2, 0) is 6.16 Å². The lowest BCUT2D eigenvalue weighted by atomic mass is 10.2. The van der Waals surface area contributed by atoms with Gasteiger partial charge in [-0.15, -0.1) is 0 Å². The minimum atomic E-state index is -4.19. The zero-order valence-electron chi connectivity index (χ0n) is 18.7. The lowest BCUT2D eigenvalue weighted by Gasteiger charge is -2.28. The monoisotopic (exact) mass is 518 g/mol. The first kappa shape index (κ1) is 26.7. The molecule has 0 bridgehead atoms. The van der Waals surface area contributed by atoms with Gasteiger partial charge in [0.15, 0.2) is 6.61 Å². The molecule has 0 aliphatic heterocycles. The van der Waals surface area contributed by atoms with Crippen molar-refractivity contribution in [3.8, 4) is 5.75 Å². The van der Waals surface area contributed by atoms with Gasteiger partial charge in [-0.25, -0.2) is 8.78 Å². The number of benzene rings is 4. The van der Waals surface area contributed by atoms with E-state index < -0.39 is 26.2 Å². The summed E-state index contributed by atoms with van der Waals surface area (Å²) in [6.07, 6.45) is -3.06. The van der Waals surface area contributed by atoms with E-state index in [4.69, 9.17) is 4.74 Å². The zero-order valence-corrected chi connectivity index (χ0v) is 20.4. The highest BCUT2D eigenvalue weighted by Crippen LogP contribution is 2.58. The lowest BCUT2D eigenvalue weighted by Crippen LogP contribution is -3.00. The van der Waals surface area contributed by atoms with Crippen molar-refractivity contribution in [2.45, 2.75) is 18.5 Å². The third-order valence-corrected chi connectivity index (χ3v) is 10.1. The molecule has 0 radical (unpaired) electrons. The average molecular weight is 519 g/mol. The second-order valence-electron chi connectivity index (χ2n) is 7.97. The van der Waals surface area contributed by atoms with Crippen molar-refractivity contribution in [3.05, 3.63) is 121 Å². The molecule has 0 N–H and O–H groups in total. The largest absolute Gasteiger partial charge is 1.00 e. The first-order valence-electron chi connectivity index (χ1n) is 10.8. The van der Waals surface area contributed by atoms with Gasteiger partial charge in [-0.2, -0.15) is 8.78 Å². The second kappa shape index (κ2) is 11.7. The summed E-state index contributed by atoms with van der Waals surface area (Å²) >= 11 is 0. The quantitative estimate of drug-likeness (QED) is 0.244. The van der Waals surface area contributed by atoms with Crippen LogP contribution in [0.1, 0.15) is 5.56 Å². The Morgan fingerprint density at radius 1 is 0.629 bits per heavy atom. The first-order chi connectivity index (χ1) is 16.4. The molecule has 182 valence electrons. The fourth-order valence-corrected chi connectivity index (χ4v) is 8.22. The average Bonchev–Trinajstić information content (AvgIpc) is 2.88. The normalized spacial score (nSPS) is 11.7. The Morgan fingerprint density at radius 3 is 1.40 bits per heavy atom. The van der Waals surface area contributed by atoms with Crippen LogP contribution in [0, 0.1) is 0 Å². The van der Waals surface area contributed by atoms with E-state index in [9.17, 15) is 17.6 Å². The third kappa shape index (κ3) is 6.04. The topological polar surface area (TPSA) is 9.23 Å². The Hall–Kier alpha value is -2.88. The molecule has 1 nitrogen and oxygen atoms in total. The Balaban J connectivity index is 0.00000342. The molecule has 0 aliphatic rings. The Morgan fingerprint density at radius 2 is 1.03 bits per heavy atom. The number of alkyl halides is 4. The maximum absolute atomic E-state index is 13.2. The lowest BCUT2D eigenvalue weighted by molar-refractivity contribution is -0.148.